The Labute approximate surface area is 152 Å². The van der Waals surface area contributed by atoms with Gasteiger partial charge in [-0.15, -0.1) is 0 Å². The number of rotatable bonds is 6. The van der Waals surface area contributed by atoms with Gasteiger partial charge in [-0.25, -0.2) is 9.97 Å². The van der Waals surface area contributed by atoms with Gasteiger partial charge < -0.3 is 15.4 Å². The van der Waals surface area contributed by atoms with E-state index in [0.29, 0.717) is 18.1 Å². The first-order valence-electron chi connectivity index (χ1n) is 8.34. The summed E-state index contributed by atoms with van der Waals surface area (Å²) in [5.41, 5.74) is 3.02. The van der Waals surface area contributed by atoms with Gasteiger partial charge in [0.2, 0.25) is 5.95 Å². The fourth-order valence-electron chi connectivity index (χ4n) is 2.32. The quantitative estimate of drug-likeness (QED) is 0.699. The van der Waals surface area contributed by atoms with Gasteiger partial charge in [0.25, 0.3) is 5.91 Å². The molecule has 0 spiro atoms. The number of hydrogen-bond donors (Lipinski definition) is 2. The molecule has 0 saturated heterocycles. The van der Waals surface area contributed by atoms with E-state index in [-0.39, 0.29) is 5.91 Å². The van der Waals surface area contributed by atoms with E-state index < -0.39 is 0 Å². The van der Waals surface area contributed by atoms with Gasteiger partial charge in [-0.1, -0.05) is 29.8 Å². The van der Waals surface area contributed by atoms with Crippen molar-refractivity contribution in [3.63, 3.8) is 0 Å². The van der Waals surface area contributed by atoms with Crippen LogP contribution >= 0.6 is 0 Å². The summed E-state index contributed by atoms with van der Waals surface area (Å²) in [6, 6.07) is 15.1. The van der Waals surface area contributed by atoms with Crippen LogP contribution in [0, 0.1) is 6.92 Å². The summed E-state index contributed by atoms with van der Waals surface area (Å²) in [6.07, 6.45) is 2.98. The van der Waals surface area contributed by atoms with Crippen LogP contribution in [0.25, 0.3) is 0 Å². The van der Waals surface area contributed by atoms with Crippen LogP contribution in [-0.4, -0.2) is 22.5 Å². The highest BCUT2D eigenvalue weighted by Crippen LogP contribution is 2.25. The molecular weight excluding hydrogens is 328 g/mol. The number of anilines is 3. The van der Waals surface area contributed by atoms with E-state index in [0.717, 1.165) is 22.7 Å². The van der Waals surface area contributed by atoms with Crippen molar-refractivity contribution >= 4 is 23.2 Å². The number of carbonyl (C=O) groups excluding carboxylic acids is 1. The van der Waals surface area contributed by atoms with Crippen molar-refractivity contribution < 1.29 is 9.53 Å². The molecule has 0 bridgehead atoms. The van der Waals surface area contributed by atoms with Gasteiger partial charge in [-0.3, -0.25) is 4.79 Å². The van der Waals surface area contributed by atoms with Crippen molar-refractivity contribution in [2.24, 2.45) is 0 Å². The molecule has 0 unspecified atom stereocenters. The molecule has 26 heavy (non-hydrogen) atoms. The van der Waals surface area contributed by atoms with Gasteiger partial charge >= 0.3 is 0 Å². The highest BCUT2D eigenvalue weighted by atomic mass is 16.5. The summed E-state index contributed by atoms with van der Waals surface area (Å²) in [5, 5.41) is 5.92. The average molecular weight is 348 g/mol. The van der Waals surface area contributed by atoms with Crippen LogP contribution in [0.3, 0.4) is 0 Å². The molecule has 0 fully saturated rings. The lowest BCUT2D eigenvalue weighted by atomic mass is 10.2. The van der Waals surface area contributed by atoms with E-state index >= 15 is 0 Å². The van der Waals surface area contributed by atoms with Crippen molar-refractivity contribution in [3.8, 4) is 5.75 Å². The van der Waals surface area contributed by atoms with Gasteiger partial charge in [0, 0.05) is 18.1 Å². The molecule has 132 valence electrons. The number of ether oxygens (including phenoxy) is 1. The van der Waals surface area contributed by atoms with Gasteiger partial charge in [-0.05, 0) is 38.1 Å². The first-order chi connectivity index (χ1) is 12.7. The molecule has 0 aliphatic rings. The van der Waals surface area contributed by atoms with E-state index in [9.17, 15) is 4.79 Å². The molecule has 0 radical (unpaired) electrons. The Bertz CT molecular complexity index is 877. The molecule has 6 nitrogen and oxygen atoms in total. The summed E-state index contributed by atoms with van der Waals surface area (Å²) in [6.45, 7) is 4.49. The number of nitrogens with zero attached hydrogens (tertiary/aromatic N) is 2. The van der Waals surface area contributed by atoms with Gasteiger partial charge in [0.15, 0.2) is 0 Å². The molecule has 1 aromatic heterocycles. The topological polar surface area (TPSA) is 76.1 Å². The summed E-state index contributed by atoms with van der Waals surface area (Å²) in [7, 11) is 0. The molecule has 0 atom stereocenters. The van der Waals surface area contributed by atoms with Crippen LogP contribution in [-0.2, 0) is 0 Å². The number of hydrogen-bond acceptors (Lipinski definition) is 5. The summed E-state index contributed by atoms with van der Waals surface area (Å²) >= 11 is 0. The molecule has 2 aromatic carbocycles. The van der Waals surface area contributed by atoms with E-state index in [1.165, 1.54) is 12.4 Å². The highest BCUT2D eigenvalue weighted by Gasteiger charge is 2.09. The largest absolute Gasteiger partial charge is 0.492 e. The number of aryl methyl sites for hydroxylation is 1. The predicted molar refractivity (Wildman–Crippen MR) is 102 cm³/mol. The van der Waals surface area contributed by atoms with Gasteiger partial charge in [-0.2, -0.15) is 0 Å². The zero-order valence-corrected chi connectivity index (χ0v) is 14.7. The van der Waals surface area contributed by atoms with E-state index in [1.54, 1.807) is 0 Å². The van der Waals surface area contributed by atoms with Crippen molar-refractivity contribution in [3.05, 3.63) is 72.1 Å². The van der Waals surface area contributed by atoms with Gasteiger partial charge in [0.05, 0.1) is 17.9 Å². The maximum Gasteiger partial charge on any atom is 0.258 e. The standard InChI is InChI=1S/C20H20N4O2/c1-3-26-18-7-5-4-6-17(18)24-20-21-12-15(13-22-20)19(25)23-16-10-8-14(2)9-11-16/h4-13H,3H2,1-2H3,(H,23,25)(H,21,22,24). The molecule has 0 aliphatic carbocycles. The molecular formula is C20H20N4O2. The minimum atomic E-state index is -0.255. The molecule has 1 amide bonds. The molecule has 0 aliphatic heterocycles. The van der Waals surface area contributed by atoms with E-state index in [2.05, 4.69) is 20.6 Å². The zero-order chi connectivity index (χ0) is 18.4. The van der Waals surface area contributed by atoms with Crippen LogP contribution in [0.4, 0.5) is 17.3 Å². The Morgan fingerprint density at radius 3 is 2.42 bits per heavy atom. The van der Waals surface area contributed by atoms with Crippen LogP contribution in [0.5, 0.6) is 5.75 Å². The molecule has 3 aromatic rings. The lowest BCUT2D eigenvalue weighted by Gasteiger charge is -2.11. The molecule has 2 N–H and O–H groups in total. The lowest BCUT2D eigenvalue weighted by Crippen LogP contribution is -2.13. The summed E-state index contributed by atoms with van der Waals surface area (Å²) < 4.78 is 5.56. The fraction of sp³-hybridized carbons (Fsp3) is 0.150. The Morgan fingerprint density at radius 1 is 1.04 bits per heavy atom. The number of para-hydroxylation sites is 2. The lowest BCUT2D eigenvalue weighted by molar-refractivity contribution is 0.102. The molecule has 3 rings (SSSR count). The Kier molecular flexibility index (Phi) is 5.43. The first-order valence-corrected chi connectivity index (χ1v) is 8.34. The maximum atomic E-state index is 12.3. The molecule has 1 heterocycles. The maximum absolute atomic E-state index is 12.3. The highest BCUT2D eigenvalue weighted by molar-refractivity contribution is 6.03. The van der Waals surface area contributed by atoms with Crippen LogP contribution < -0.4 is 15.4 Å². The Hall–Kier alpha value is -3.41. The second-order valence-electron chi connectivity index (χ2n) is 5.67. The van der Waals surface area contributed by atoms with E-state index in [4.69, 9.17) is 4.74 Å². The monoisotopic (exact) mass is 348 g/mol. The first kappa shape index (κ1) is 17.4. The number of carbonyl (C=O) groups is 1. The predicted octanol–water partition coefficient (Wildman–Crippen LogP) is 4.18. The Balaban J connectivity index is 1.68. The van der Waals surface area contributed by atoms with Crippen LogP contribution in [0.2, 0.25) is 0 Å². The minimum absolute atomic E-state index is 0.255. The van der Waals surface area contributed by atoms with Crippen molar-refractivity contribution in [2.75, 3.05) is 17.2 Å². The van der Waals surface area contributed by atoms with Crippen LogP contribution in [0.15, 0.2) is 60.9 Å². The summed E-state index contributed by atoms with van der Waals surface area (Å²) in [5.74, 6) is 0.860. The normalized spacial score (nSPS) is 10.2. The number of nitrogens with one attached hydrogen (secondary N) is 2. The Morgan fingerprint density at radius 2 is 1.73 bits per heavy atom. The van der Waals surface area contributed by atoms with Crippen LogP contribution in [0.1, 0.15) is 22.8 Å². The number of amides is 1. The molecule has 0 saturated carbocycles. The second kappa shape index (κ2) is 8.11. The third-order valence-electron chi connectivity index (χ3n) is 3.66. The fourth-order valence-corrected chi connectivity index (χ4v) is 2.32. The zero-order valence-electron chi connectivity index (χ0n) is 14.7. The van der Waals surface area contributed by atoms with Crippen molar-refractivity contribution in [1.29, 1.82) is 0 Å². The minimum Gasteiger partial charge on any atom is -0.492 e. The van der Waals surface area contributed by atoms with Crippen molar-refractivity contribution in [1.82, 2.24) is 9.97 Å². The third-order valence-corrected chi connectivity index (χ3v) is 3.66. The number of benzene rings is 2. The van der Waals surface area contributed by atoms with E-state index in [1.807, 2.05) is 62.4 Å². The van der Waals surface area contributed by atoms with Crippen molar-refractivity contribution in [2.45, 2.75) is 13.8 Å². The second-order valence-corrected chi connectivity index (χ2v) is 5.67. The van der Waals surface area contributed by atoms with Gasteiger partial charge in [0.1, 0.15) is 5.75 Å². The summed E-state index contributed by atoms with van der Waals surface area (Å²) in [4.78, 5) is 20.7. The SMILES string of the molecule is CCOc1ccccc1Nc1ncc(C(=O)Nc2ccc(C)cc2)cn1. The number of aromatic nitrogens is 2. The third kappa shape index (κ3) is 4.36. The molecule has 6 heteroatoms. The smallest absolute Gasteiger partial charge is 0.258 e. The average Bonchev–Trinajstić information content (AvgIpc) is 2.66.